The van der Waals surface area contributed by atoms with Crippen LogP contribution in [0, 0.1) is 11.8 Å². The van der Waals surface area contributed by atoms with Gasteiger partial charge in [0.05, 0.1) is 6.61 Å². The van der Waals surface area contributed by atoms with E-state index in [-0.39, 0.29) is 24.3 Å². The maximum Gasteiger partial charge on any atom is 0.286 e. The van der Waals surface area contributed by atoms with Gasteiger partial charge in [-0.15, -0.1) is 0 Å². The summed E-state index contributed by atoms with van der Waals surface area (Å²) in [5.41, 5.74) is 0. The quantitative estimate of drug-likeness (QED) is 0.623. The summed E-state index contributed by atoms with van der Waals surface area (Å²) in [7, 11) is 1.58. The molecule has 0 aromatic carbocycles. The van der Waals surface area contributed by atoms with Crippen LogP contribution >= 0.6 is 0 Å². The summed E-state index contributed by atoms with van der Waals surface area (Å²) in [6.45, 7) is 5.51. The first-order valence-electron chi connectivity index (χ1n) is 7.52. The molecule has 0 unspecified atom stereocenters. The van der Waals surface area contributed by atoms with Gasteiger partial charge in [0.25, 0.3) is 5.91 Å². The molecule has 1 aliphatic heterocycles. The van der Waals surface area contributed by atoms with E-state index in [4.69, 9.17) is 19.3 Å². The van der Waals surface area contributed by atoms with Crippen molar-refractivity contribution in [2.75, 3.05) is 33.5 Å². The lowest BCUT2D eigenvalue weighted by atomic mass is 9.87. The van der Waals surface area contributed by atoms with E-state index in [1.54, 1.807) is 7.11 Å². The van der Waals surface area contributed by atoms with E-state index in [1.165, 1.54) is 0 Å². The van der Waals surface area contributed by atoms with Gasteiger partial charge < -0.3 is 24.6 Å². The number of aliphatic hydroxyl groups excluding tert-OH is 1. The molecule has 0 aromatic heterocycles. The second kappa shape index (κ2) is 9.76. The molecular formula is C15H27NO5. The number of rotatable bonds is 9. The Morgan fingerprint density at radius 2 is 2.29 bits per heavy atom. The Kier molecular flexibility index (Phi) is 8.34. The minimum atomic E-state index is -0.440. The highest BCUT2D eigenvalue weighted by Crippen LogP contribution is 2.32. The van der Waals surface area contributed by atoms with Gasteiger partial charge in [-0.1, -0.05) is 6.92 Å². The number of nitrogens with one attached hydrogen (secondary N) is 1. The van der Waals surface area contributed by atoms with Gasteiger partial charge in [-0.2, -0.15) is 0 Å². The summed E-state index contributed by atoms with van der Waals surface area (Å²) in [4.78, 5) is 12.0. The molecule has 6 nitrogen and oxygen atoms in total. The molecule has 1 amide bonds. The van der Waals surface area contributed by atoms with Gasteiger partial charge >= 0.3 is 0 Å². The number of allylic oxidation sites excluding steroid dienone is 1. The first-order chi connectivity index (χ1) is 10.1. The third-order valence-corrected chi connectivity index (χ3v) is 3.52. The van der Waals surface area contributed by atoms with Crippen LogP contribution in [0.4, 0.5) is 0 Å². The molecule has 0 fully saturated rings. The number of hydrogen-bond donors (Lipinski definition) is 2. The van der Waals surface area contributed by atoms with E-state index >= 15 is 0 Å². The van der Waals surface area contributed by atoms with Crippen LogP contribution in [0.3, 0.4) is 0 Å². The summed E-state index contributed by atoms with van der Waals surface area (Å²) in [5, 5.41) is 11.7. The molecule has 1 rings (SSSR count). The van der Waals surface area contributed by atoms with Crippen LogP contribution in [0.1, 0.15) is 26.7 Å². The Labute approximate surface area is 126 Å². The van der Waals surface area contributed by atoms with Crippen LogP contribution in [0.5, 0.6) is 0 Å². The van der Waals surface area contributed by atoms with Gasteiger partial charge in [0.2, 0.25) is 6.29 Å². The third-order valence-electron chi connectivity index (χ3n) is 3.52. The number of ether oxygens (including phenoxy) is 3. The second-order valence-corrected chi connectivity index (χ2v) is 5.11. The molecule has 0 saturated heterocycles. The molecule has 6 heteroatoms. The molecule has 3 atom stereocenters. The number of carbonyl (C=O) groups is 1. The zero-order valence-electron chi connectivity index (χ0n) is 13.1. The Balaban J connectivity index is 2.68. The van der Waals surface area contributed by atoms with Crippen molar-refractivity contribution in [3.8, 4) is 0 Å². The van der Waals surface area contributed by atoms with E-state index in [2.05, 4.69) is 5.32 Å². The first kappa shape index (κ1) is 17.9. The highest BCUT2D eigenvalue weighted by Gasteiger charge is 2.34. The molecule has 0 aliphatic carbocycles. The zero-order chi connectivity index (χ0) is 15.7. The van der Waals surface area contributed by atoms with Crippen LogP contribution in [-0.4, -0.2) is 50.8 Å². The maximum atomic E-state index is 12.0. The molecule has 0 bridgehead atoms. The fourth-order valence-electron chi connectivity index (χ4n) is 2.39. The monoisotopic (exact) mass is 301 g/mol. The minimum Gasteiger partial charge on any atom is -0.459 e. The number of aliphatic hydroxyl groups is 1. The summed E-state index contributed by atoms with van der Waals surface area (Å²) in [5.74, 6) is 0.360. The number of carbonyl (C=O) groups excluding carboxylic acids is 1. The lowest BCUT2D eigenvalue weighted by molar-refractivity contribution is -0.171. The highest BCUT2D eigenvalue weighted by atomic mass is 16.7. The predicted octanol–water partition coefficient (Wildman–Crippen LogP) is 1.05. The molecule has 21 heavy (non-hydrogen) atoms. The van der Waals surface area contributed by atoms with Gasteiger partial charge in [0.15, 0.2) is 5.76 Å². The molecule has 0 saturated carbocycles. The highest BCUT2D eigenvalue weighted by molar-refractivity contribution is 5.91. The van der Waals surface area contributed by atoms with Crippen LogP contribution < -0.4 is 5.32 Å². The average molecular weight is 301 g/mol. The zero-order valence-corrected chi connectivity index (χ0v) is 13.1. The Morgan fingerprint density at radius 3 is 2.90 bits per heavy atom. The van der Waals surface area contributed by atoms with Gasteiger partial charge in [-0.25, -0.2) is 0 Å². The minimum absolute atomic E-state index is 0.146. The maximum absolute atomic E-state index is 12.0. The summed E-state index contributed by atoms with van der Waals surface area (Å²) >= 11 is 0. The van der Waals surface area contributed by atoms with Crippen molar-refractivity contribution in [3.63, 3.8) is 0 Å². The van der Waals surface area contributed by atoms with Crippen LogP contribution in [0.2, 0.25) is 0 Å². The molecule has 0 spiro atoms. The molecule has 0 radical (unpaired) electrons. The van der Waals surface area contributed by atoms with Crippen molar-refractivity contribution in [3.05, 3.63) is 11.8 Å². The lowest BCUT2D eigenvalue weighted by Gasteiger charge is -2.35. The molecule has 1 aliphatic rings. The van der Waals surface area contributed by atoms with E-state index < -0.39 is 6.29 Å². The molecule has 1 heterocycles. The fraction of sp³-hybridized carbons (Fsp3) is 0.800. The van der Waals surface area contributed by atoms with E-state index in [9.17, 15) is 4.79 Å². The Bertz CT molecular complexity index is 345. The SMILES string of the molecule is CCO[C@H]1OC(C(=O)NCCOC)=C[C@@H](C)[C@@H]1CCCO. The first-order valence-corrected chi connectivity index (χ1v) is 7.52. The van der Waals surface area contributed by atoms with Crippen molar-refractivity contribution in [2.24, 2.45) is 11.8 Å². The fourth-order valence-corrected chi connectivity index (χ4v) is 2.39. The van der Waals surface area contributed by atoms with Crippen molar-refractivity contribution in [1.29, 1.82) is 0 Å². The standard InChI is InChI=1S/C15H27NO5/c1-4-20-15-12(6-5-8-17)11(2)10-13(21-15)14(18)16-7-9-19-3/h10-12,15,17H,4-9H2,1-3H3,(H,16,18)/t11-,12+,15+/m1/s1. The predicted molar refractivity (Wildman–Crippen MR) is 78.4 cm³/mol. The molecule has 2 N–H and O–H groups in total. The average Bonchev–Trinajstić information content (AvgIpc) is 2.46. The van der Waals surface area contributed by atoms with E-state index in [1.807, 2.05) is 19.9 Å². The summed E-state index contributed by atoms with van der Waals surface area (Å²) < 4.78 is 16.2. The normalized spacial score (nSPS) is 25.1. The summed E-state index contributed by atoms with van der Waals surface area (Å²) in [6.07, 6.45) is 2.90. The second-order valence-electron chi connectivity index (χ2n) is 5.11. The molecule has 0 aromatic rings. The number of hydrogen-bond acceptors (Lipinski definition) is 5. The van der Waals surface area contributed by atoms with Crippen LogP contribution in [0.25, 0.3) is 0 Å². The van der Waals surface area contributed by atoms with Crippen LogP contribution in [-0.2, 0) is 19.0 Å². The van der Waals surface area contributed by atoms with Crippen LogP contribution in [0.15, 0.2) is 11.8 Å². The smallest absolute Gasteiger partial charge is 0.286 e. The molecular weight excluding hydrogens is 274 g/mol. The number of methoxy groups -OCH3 is 1. The van der Waals surface area contributed by atoms with Crippen molar-refractivity contribution < 1.29 is 24.1 Å². The van der Waals surface area contributed by atoms with Crippen molar-refractivity contribution >= 4 is 5.91 Å². The Hall–Kier alpha value is -1.11. The number of amides is 1. The van der Waals surface area contributed by atoms with Crippen molar-refractivity contribution in [1.82, 2.24) is 5.32 Å². The van der Waals surface area contributed by atoms with Crippen molar-refractivity contribution in [2.45, 2.75) is 33.0 Å². The van der Waals surface area contributed by atoms with E-state index in [0.29, 0.717) is 31.9 Å². The van der Waals surface area contributed by atoms with Gasteiger partial charge in [-0.05, 0) is 31.8 Å². The Morgan fingerprint density at radius 1 is 1.52 bits per heavy atom. The largest absolute Gasteiger partial charge is 0.459 e. The topological polar surface area (TPSA) is 77.0 Å². The van der Waals surface area contributed by atoms with E-state index in [0.717, 1.165) is 6.42 Å². The van der Waals surface area contributed by atoms with Gasteiger partial charge in [0.1, 0.15) is 0 Å². The van der Waals surface area contributed by atoms with Gasteiger partial charge in [0, 0.05) is 32.8 Å². The third kappa shape index (κ3) is 5.65. The van der Waals surface area contributed by atoms with Gasteiger partial charge in [-0.3, -0.25) is 4.79 Å². The lowest BCUT2D eigenvalue weighted by Crippen LogP contribution is -2.39. The molecule has 122 valence electrons. The summed E-state index contributed by atoms with van der Waals surface area (Å²) in [6, 6.07) is 0.